The second-order valence-electron chi connectivity index (χ2n) is 9.67. The van der Waals surface area contributed by atoms with Crippen molar-refractivity contribution in [1.29, 1.82) is 0 Å². The maximum absolute atomic E-state index is 13.6. The number of pyridine rings is 2. The first-order valence-corrected chi connectivity index (χ1v) is 12.4. The van der Waals surface area contributed by atoms with Crippen LogP contribution in [0.5, 0.6) is 5.75 Å². The highest BCUT2D eigenvalue weighted by atomic mass is 16.5. The lowest BCUT2D eigenvalue weighted by molar-refractivity contribution is -0.153. The molecule has 37 heavy (non-hydrogen) atoms. The first kappa shape index (κ1) is 27.7. The van der Waals surface area contributed by atoms with Crippen molar-refractivity contribution in [3.63, 3.8) is 0 Å². The van der Waals surface area contributed by atoms with Gasteiger partial charge in [0, 0.05) is 30.1 Å². The van der Waals surface area contributed by atoms with Gasteiger partial charge in [-0.1, -0.05) is 25.5 Å². The van der Waals surface area contributed by atoms with Crippen LogP contribution in [0, 0.1) is 5.41 Å². The standard InChI is InChI=1S/C28H35N3O6/c1-6-7-15-31-24-21(13-9-14-29-24)22(23(25(31)32)30-27(34)35-5)19-11-8-12-20(18-19)36-16-10-17-37-26(33)28(2,3)4/h8-9,11-14,18H,6-7,10,15-17H2,1-5H3,(H,30,34). The quantitative estimate of drug-likeness (QED) is 0.288. The van der Waals surface area contributed by atoms with Crippen molar-refractivity contribution in [1.82, 2.24) is 9.55 Å². The highest BCUT2D eigenvalue weighted by molar-refractivity contribution is 6.03. The third-order valence-electron chi connectivity index (χ3n) is 5.69. The number of fused-ring (bicyclic) bond motifs is 1. The number of nitrogens with one attached hydrogen (secondary N) is 1. The van der Waals surface area contributed by atoms with Gasteiger partial charge >= 0.3 is 12.1 Å². The topological polar surface area (TPSA) is 109 Å². The summed E-state index contributed by atoms with van der Waals surface area (Å²) in [5.41, 5.74) is 0.977. The van der Waals surface area contributed by atoms with E-state index in [0.29, 0.717) is 42.1 Å². The van der Waals surface area contributed by atoms with E-state index in [4.69, 9.17) is 14.2 Å². The Bertz CT molecular complexity index is 1310. The summed E-state index contributed by atoms with van der Waals surface area (Å²) in [5, 5.41) is 3.34. The fourth-order valence-corrected chi connectivity index (χ4v) is 3.74. The van der Waals surface area contributed by atoms with E-state index in [9.17, 15) is 14.4 Å². The first-order chi connectivity index (χ1) is 17.7. The molecule has 9 nitrogen and oxygen atoms in total. The number of benzene rings is 1. The van der Waals surface area contributed by atoms with Crippen LogP contribution in [0.4, 0.5) is 10.5 Å². The summed E-state index contributed by atoms with van der Waals surface area (Å²) < 4.78 is 17.6. The largest absolute Gasteiger partial charge is 0.493 e. The molecule has 0 radical (unpaired) electrons. The van der Waals surface area contributed by atoms with E-state index < -0.39 is 11.5 Å². The Kier molecular flexibility index (Phi) is 9.27. The summed E-state index contributed by atoms with van der Waals surface area (Å²) in [7, 11) is 1.25. The second kappa shape index (κ2) is 12.4. The molecule has 1 N–H and O–H groups in total. The average molecular weight is 510 g/mol. The summed E-state index contributed by atoms with van der Waals surface area (Å²) in [5.74, 6) is 0.324. The molecule has 0 saturated carbocycles. The molecule has 0 saturated heterocycles. The molecule has 0 aliphatic rings. The van der Waals surface area contributed by atoms with Gasteiger partial charge in [-0.05, 0) is 57.0 Å². The molecule has 0 unspecified atom stereocenters. The van der Waals surface area contributed by atoms with Crippen molar-refractivity contribution >= 4 is 28.8 Å². The number of hydrogen-bond donors (Lipinski definition) is 1. The van der Waals surface area contributed by atoms with Gasteiger partial charge in [-0.2, -0.15) is 0 Å². The number of carbonyl (C=O) groups excluding carboxylic acids is 2. The molecule has 9 heteroatoms. The molecule has 198 valence electrons. The molecule has 0 aliphatic carbocycles. The third kappa shape index (κ3) is 6.87. The molecule has 0 atom stereocenters. The van der Waals surface area contributed by atoms with Gasteiger partial charge in [-0.15, -0.1) is 0 Å². The van der Waals surface area contributed by atoms with Crippen LogP contribution in [0.1, 0.15) is 47.0 Å². The van der Waals surface area contributed by atoms with Gasteiger partial charge in [-0.3, -0.25) is 19.5 Å². The zero-order chi connectivity index (χ0) is 27.0. The highest BCUT2D eigenvalue weighted by Crippen LogP contribution is 2.34. The molecule has 1 amide bonds. The molecule has 0 bridgehead atoms. The number of aromatic nitrogens is 2. The van der Waals surface area contributed by atoms with Gasteiger partial charge in [0.2, 0.25) is 0 Å². The monoisotopic (exact) mass is 509 g/mol. The number of ether oxygens (including phenoxy) is 3. The molecule has 3 rings (SSSR count). The predicted octanol–water partition coefficient (Wildman–Crippen LogP) is 5.40. The van der Waals surface area contributed by atoms with Crippen LogP contribution in [0.15, 0.2) is 47.4 Å². The van der Waals surface area contributed by atoms with Crippen molar-refractivity contribution in [2.24, 2.45) is 5.41 Å². The Morgan fingerprint density at radius 1 is 1.08 bits per heavy atom. The molecule has 2 aromatic heterocycles. The van der Waals surface area contributed by atoms with E-state index in [-0.39, 0.29) is 23.8 Å². The lowest BCUT2D eigenvalue weighted by Gasteiger charge is -2.18. The number of rotatable bonds is 10. The normalized spacial score (nSPS) is 11.3. The van der Waals surface area contributed by atoms with E-state index >= 15 is 0 Å². The minimum absolute atomic E-state index is 0.120. The summed E-state index contributed by atoms with van der Waals surface area (Å²) in [6.45, 7) is 8.54. The van der Waals surface area contributed by atoms with Gasteiger partial charge in [0.25, 0.3) is 5.56 Å². The smallest absolute Gasteiger partial charge is 0.411 e. The van der Waals surface area contributed by atoms with Crippen molar-refractivity contribution in [3.8, 4) is 16.9 Å². The number of carbonyl (C=O) groups is 2. The minimum Gasteiger partial charge on any atom is -0.493 e. The van der Waals surface area contributed by atoms with E-state index in [0.717, 1.165) is 18.2 Å². The van der Waals surface area contributed by atoms with Crippen LogP contribution >= 0.6 is 0 Å². The molecule has 3 aromatic rings. The fourth-order valence-electron chi connectivity index (χ4n) is 3.74. The van der Waals surface area contributed by atoms with Gasteiger partial charge in [-0.25, -0.2) is 9.78 Å². The number of unbranched alkanes of at least 4 members (excludes halogenated alkanes) is 1. The maximum Gasteiger partial charge on any atom is 0.411 e. The van der Waals surface area contributed by atoms with E-state index in [1.807, 2.05) is 45.9 Å². The summed E-state index contributed by atoms with van der Waals surface area (Å²) in [4.78, 5) is 42.2. The average Bonchev–Trinajstić information content (AvgIpc) is 2.88. The van der Waals surface area contributed by atoms with Crippen molar-refractivity contribution in [2.75, 3.05) is 25.6 Å². The van der Waals surface area contributed by atoms with Crippen LogP contribution in [-0.4, -0.2) is 41.9 Å². The van der Waals surface area contributed by atoms with Gasteiger partial charge in [0.1, 0.15) is 17.1 Å². The van der Waals surface area contributed by atoms with Crippen LogP contribution < -0.4 is 15.6 Å². The zero-order valence-corrected chi connectivity index (χ0v) is 22.1. The van der Waals surface area contributed by atoms with E-state index in [2.05, 4.69) is 10.3 Å². The summed E-state index contributed by atoms with van der Waals surface area (Å²) in [6.07, 6.45) is 3.13. The molecule has 1 aromatic carbocycles. The first-order valence-electron chi connectivity index (χ1n) is 12.4. The second-order valence-corrected chi connectivity index (χ2v) is 9.67. The zero-order valence-electron chi connectivity index (χ0n) is 22.1. The van der Waals surface area contributed by atoms with Crippen LogP contribution in [0.25, 0.3) is 22.2 Å². The highest BCUT2D eigenvalue weighted by Gasteiger charge is 2.23. The van der Waals surface area contributed by atoms with Crippen molar-refractivity contribution in [3.05, 3.63) is 52.9 Å². The Morgan fingerprint density at radius 3 is 2.57 bits per heavy atom. The van der Waals surface area contributed by atoms with Gasteiger partial charge in [0.05, 0.1) is 25.7 Å². The lowest BCUT2D eigenvalue weighted by Crippen LogP contribution is -2.28. The molecule has 2 heterocycles. The van der Waals surface area contributed by atoms with Crippen molar-refractivity contribution in [2.45, 2.75) is 53.5 Å². The number of hydrogen-bond acceptors (Lipinski definition) is 7. The van der Waals surface area contributed by atoms with Crippen LogP contribution in [-0.2, 0) is 20.8 Å². The third-order valence-corrected chi connectivity index (χ3v) is 5.69. The molecular weight excluding hydrogens is 474 g/mol. The summed E-state index contributed by atoms with van der Waals surface area (Å²) in [6, 6.07) is 10.9. The van der Waals surface area contributed by atoms with Gasteiger partial charge < -0.3 is 14.2 Å². The predicted molar refractivity (Wildman–Crippen MR) is 143 cm³/mol. The lowest BCUT2D eigenvalue weighted by atomic mass is 9.97. The molecule has 0 fully saturated rings. The maximum atomic E-state index is 13.6. The SMILES string of the molecule is CCCCn1c(=O)c(NC(=O)OC)c(-c2cccc(OCCCOC(=O)C(C)(C)C)c2)c2cccnc21. The Morgan fingerprint density at radius 2 is 1.86 bits per heavy atom. The van der Waals surface area contributed by atoms with E-state index in [1.54, 1.807) is 29.0 Å². The Balaban J connectivity index is 1.95. The number of amides is 1. The van der Waals surface area contributed by atoms with E-state index in [1.165, 1.54) is 7.11 Å². The number of aryl methyl sites for hydroxylation is 1. The number of esters is 1. The van der Waals surface area contributed by atoms with Crippen LogP contribution in [0.3, 0.4) is 0 Å². The van der Waals surface area contributed by atoms with Crippen LogP contribution in [0.2, 0.25) is 0 Å². The summed E-state index contributed by atoms with van der Waals surface area (Å²) >= 11 is 0. The Labute approximate surface area is 216 Å². The number of methoxy groups -OCH3 is 1. The Hall–Kier alpha value is -3.88. The molecule has 0 aliphatic heterocycles. The minimum atomic E-state index is -0.735. The molecular formula is C28H35N3O6. The number of nitrogens with zero attached hydrogens (tertiary/aromatic N) is 2. The number of anilines is 1. The van der Waals surface area contributed by atoms with Crippen molar-refractivity contribution < 1.29 is 23.8 Å². The molecule has 0 spiro atoms. The fraction of sp³-hybridized carbons (Fsp3) is 0.429. The van der Waals surface area contributed by atoms with Gasteiger partial charge in [0.15, 0.2) is 0 Å².